The molecule has 2 atom stereocenters. The lowest BCUT2D eigenvalue weighted by Crippen LogP contribution is -2.55. The van der Waals surface area contributed by atoms with Crippen LogP contribution in [-0.2, 0) is 16.0 Å². The maximum Gasteiger partial charge on any atom is 0.260 e. The van der Waals surface area contributed by atoms with Crippen molar-refractivity contribution in [3.63, 3.8) is 0 Å². The van der Waals surface area contributed by atoms with E-state index in [9.17, 15) is 4.79 Å². The second-order valence-corrected chi connectivity index (χ2v) is 7.92. The molecule has 4 rings (SSSR count). The zero-order chi connectivity index (χ0) is 17.4. The molecule has 0 unspecified atom stereocenters. The van der Waals surface area contributed by atoms with Crippen LogP contribution in [0.3, 0.4) is 0 Å². The Bertz CT molecular complexity index is 655. The minimum atomic E-state index is -0.217. The Morgan fingerprint density at radius 3 is 3.04 bits per heavy atom. The minimum absolute atomic E-state index is 0.0510. The SMILES string of the molecule is CC1(C)Cc2cccc(OCC(=O)N3CCO[C@@H]4CCCC[C@@H]43)c2O1. The summed E-state index contributed by atoms with van der Waals surface area (Å²) in [6.45, 7) is 5.49. The minimum Gasteiger partial charge on any atom is -0.483 e. The van der Waals surface area contributed by atoms with Crippen LogP contribution in [-0.4, -0.2) is 48.3 Å². The summed E-state index contributed by atoms with van der Waals surface area (Å²) >= 11 is 0. The number of para-hydroxylation sites is 1. The molecule has 25 heavy (non-hydrogen) atoms. The molecule has 5 heteroatoms. The van der Waals surface area contributed by atoms with Crippen molar-refractivity contribution in [1.29, 1.82) is 0 Å². The first kappa shape index (κ1) is 16.7. The molecule has 2 aliphatic heterocycles. The smallest absolute Gasteiger partial charge is 0.260 e. The lowest BCUT2D eigenvalue weighted by Gasteiger charge is -2.43. The Morgan fingerprint density at radius 1 is 1.32 bits per heavy atom. The number of hydrogen-bond acceptors (Lipinski definition) is 4. The summed E-state index contributed by atoms with van der Waals surface area (Å²) in [6, 6.07) is 6.13. The molecule has 1 saturated heterocycles. The Labute approximate surface area is 149 Å². The van der Waals surface area contributed by atoms with Crippen molar-refractivity contribution >= 4 is 5.91 Å². The molecule has 2 fully saturated rings. The van der Waals surface area contributed by atoms with Crippen LogP contribution in [0.5, 0.6) is 11.5 Å². The maximum atomic E-state index is 12.8. The molecule has 0 N–H and O–H groups in total. The van der Waals surface area contributed by atoms with Gasteiger partial charge in [-0.3, -0.25) is 4.79 Å². The van der Waals surface area contributed by atoms with E-state index in [2.05, 4.69) is 19.9 Å². The predicted octanol–water partition coefficient (Wildman–Crippen LogP) is 2.95. The maximum absolute atomic E-state index is 12.8. The quantitative estimate of drug-likeness (QED) is 0.845. The standard InChI is InChI=1S/C20H27NO4/c1-20(2)12-14-6-5-9-17(19(14)25-20)24-13-18(22)21-10-11-23-16-8-4-3-7-15(16)21/h5-6,9,15-16H,3-4,7-8,10-13H2,1-2H3/t15-,16+/m0/s1. The van der Waals surface area contributed by atoms with Gasteiger partial charge in [0.1, 0.15) is 5.60 Å². The van der Waals surface area contributed by atoms with Crippen LogP contribution >= 0.6 is 0 Å². The molecular formula is C20H27NO4. The van der Waals surface area contributed by atoms with Crippen LogP contribution in [0.15, 0.2) is 18.2 Å². The Hall–Kier alpha value is -1.75. The third kappa shape index (κ3) is 3.34. The second-order valence-electron chi connectivity index (χ2n) is 7.92. The molecule has 0 spiro atoms. The van der Waals surface area contributed by atoms with E-state index in [1.165, 1.54) is 12.8 Å². The fourth-order valence-corrected chi connectivity index (χ4v) is 4.33. The average molecular weight is 345 g/mol. The Kier molecular flexibility index (Phi) is 4.36. The van der Waals surface area contributed by atoms with Crippen LogP contribution in [0, 0.1) is 0 Å². The third-order valence-corrected chi connectivity index (χ3v) is 5.46. The normalized spacial score (nSPS) is 27.2. The fraction of sp³-hybridized carbons (Fsp3) is 0.650. The molecule has 2 heterocycles. The van der Waals surface area contributed by atoms with Gasteiger partial charge < -0.3 is 19.1 Å². The fourth-order valence-electron chi connectivity index (χ4n) is 4.33. The largest absolute Gasteiger partial charge is 0.483 e. The zero-order valence-electron chi connectivity index (χ0n) is 15.1. The highest BCUT2D eigenvalue weighted by atomic mass is 16.5. The number of morpholine rings is 1. The molecule has 5 nitrogen and oxygen atoms in total. The van der Waals surface area contributed by atoms with Crippen LogP contribution in [0.2, 0.25) is 0 Å². The Balaban J connectivity index is 1.42. The summed E-state index contributed by atoms with van der Waals surface area (Å²) in [5, 5.41) is 0. The summed E-state index contributed by atoms with van der Waals surface area (Å²) < 4.78 is 17.8. The number of amides is 1. The number of nitrogens with zero attached hydrogens (tertiary/aromatic N) is 1. The average Bonchev–Trinajstić information content (AvgIpc) is 2.93. The summed E-state index contributed by atoms with van der Waals surface area (Å²) in [5.74, 6) is 1.51. The molecule has 1 aliphatic carbocycles. The van der Waals surface area contributed by atoms with E-state index in [0.717, 1.165) is 30.6 Å². The first-order valence-corrected chi connectivity index (χ1v) is 9.38. The summed E-state index contributed by atoms with van der Waals surface area (Å²) in [6.07, 6.45) is 5.53. The second kappa shape index (κ2) is 6.52. The van der Waals surface area contributed by atoms with Gasteiger partial charge in [-0.15, -0.1) is 0 Å². The summed E-state index contributed by atoms with van der Waals surface area (Å²) in [4.78, 5) is 14.7. The summed E-state index contributed by atoms with van der Waals surface area (Å²) in [7, 11) is 0. The van der Waals surface area contributed by atoms with Gasteiger partial charge in [-0.25, -0.2) is 0 Å². The van der Waals surface area contributed by atoms with Crippen LogP contribution in [0.1, 0.15) is 45.1 Å². The van der Waals surface area contributed by atoms with Gasteiger partial charge in [-0.05, 0) is 32.8 Å². The van der Waals surface area contributed by atoms with E-state index in [1.807, 2.05) is 17.0 Å². The molecule has 1 aromatic rings. The van der Waals surface area contributed by atoms with Crippen LogP contribution < -0.4 is 9.47 Å². The van der Waals surface area contributed by atoms with Crippen molar-refractivity contribution in [2.45, 2.75) is 63.7 Å². The van der Waals surface area contributed by atoms with Gasteiger partial charge in [0.05, 0.1) is 18.8 Å². The van der Waals surface area contributed by atoms with Crippen molar-refractivity contribution in [2.24, 2.45) is 0 Å². The van der Waals surface area contributed by atoms with E-state index in [-0.39, 0.29) is 30.3 Å². The molecular weight excluding hydrogens is 318 g/mol. The number of carbonyl (C=O) groups excluding carboxylic acids is 1. The van der Waals surface area contributed by atoms with E-state index in [1.54, 1.807) is 0 Å². The van der Waals surface area contributed by atoms with E-state index in [0.29, 0.717) is 18.9 Å². The Morgan fingerprint density at radius 2 is 2.16 bits per heavy atom. The van der Waals surface area contributed by atoms with Crippen molar-refractivity contribution in [3.05, 3.63) is 23.8 Å². The number of rotatable bonds is 3. The highest BCUT2D eigenvalue weighted by molar-refractivity contribution is 5.78. The monoisotopic (exact) mass is 345 g/mol. The highest BCUT2D eigenvalue weighted by Gasteiger charge is 2.37. The van der Waals surface area contributed by atoms with Crippen LogP contribution in [0.25, 0.3) is 0 Å². The van der Waals surface area contributed by atoms with Crippen molar-refractivity contribution in [3.8, 4) is 11.5 Å². The van der Waals surface area contributed by atoms with Gasteiger partial charge in [0.25, 0.3) is 5.91 Å². The summed E-state index contributed by atoms with van der Waals surface area (Å²) in [5.41, 5.74) is 0.930. The number of ether oxygens (including phenoxy) is 3. The lowest BCUT2D eigenvalue weighted by molar-refractivity contribution is -0.151. The molecule has 0 aromatic heterocycles. The highest BCUT2D eigenvalue weighted by Crippen LogP contribution is 2.41. The van der Waals surface area contributed by atoms with Crippen molar-refractivity contribution < 1.29 is 19.0 Å². The third-order valence-electron chi connectivity index (χ3n) is 5.46. The molecule has 1 aromatic carbocycles. The van der Waals surface area contributed by atoms with Gasteiger partial charge in [-0.1, -0.05) is 25.0 Å². The van der Waals surface area contributed by atoms with Gasteiger partial charge in [0.2, 0.25) is 0 Å². The molecule has 3 aliphatic rings. The van der Waals surface area contributed by atoms with E-state index >= 15 is 0 Å². The first-order chi connectivity index (χ1) is 12.0. The van der Waals surface area contributed by atoms with Crippen LogP contribution in [0.4, 0.5) is 0 Å². The molecule has 0 bridgehead atoms. The molecule has 1 amide bonds. The van der Waals surface area contributed by atoms with Gasteiger partial charge in [0, 0.05) is 18.5 Å². The van der Waals surface area contributed by atoms with Crippen molar-refractivity contribution in [1.82, 2.24) is 4.90 Å². The molecule has 0 radical (unpaired) electrons. The predicted molar refractivity (Wildman–Crippen MR) is 94.1 cm³/mol. The van der Waals surface area contributed by atoms with E-state index in [4.69, 9.17) is 14.2 Å². The van der Waals surface area contributed by atoms with Gasteiger partial charge in [-0.2, -0.15) is 0 Å². The number of carbonyl (C=O) groups is 1. The lowest BCUT2D eigenvalue weighted by atomic mass is 9.90. The topological polar surface area (TPSA) is 48.0 Å². The van der Waals surface area contributed by atoms with E-state index < -0.39 is 0 Å². The first-order valence-electron chi connectivity index (χ1n) is 9.38. The van der Waals surface area contributed by atoms with Gasteiger partial charge >= 0.3 is 0 Å². The molecule has 136 valence electrons. The van der Waals surface area contributed by atoms with Gasteiger partial charge in [0.15, 0.2) is 18.1 Å². The van der Waals surface area contributed by atoms with Crippen molar-refractivity contribution in [2.75, 3.05) is 19.8 Å². The molecule has 1 saturated carbocycles. The number of fused-ring (bicyclic) bond motifs is 2. The zero-order valence-corrected chi connectivity index (χ0v) is 15.1. The number of hydrogen-bond donors (Lipinski definition) is 0. The number of benzene rings is 1.